The molecule has 3 aromatic rings. The van der Waals surface area contributed by atoms with Crippen molar-refractivity contribution in [2.45, 2.75) is 12.7 Å². The van der Waals surface area contributed by atoms with Gasteiger partial charge in [-0.25, -0.2) is 4.39 Å². The molecule has 134 valence electrons. The first-order valence-corrected chi connectivity index (χ1v) is 7.37. The molecular formula is C17H11F4N3O2. The number of nitrogens with zero attached hydrogens (tertiary/aromatic N) is 2. The third-order valence-electron chi connectivity index (χ3n) is 3.45. The van der Waals surface area contributed by atoms with E-state index in [0.29, 0.717) is 5.56 Å². The minimum absolute atomic E-state index is 0.00200. The number of carbonyl (C=O) groups is 1. The Morgan fingerprint density at radius 2 is 1.77 bits per heavy atom. The van der Waals surface area contributed by atoms with Crippen LogP contribution in [-0.4, -0.2) is 16.0 Å². The minimum Gasteiger partial charge on any atom is -0.343 e. The van der Waals surface area contributed by atoms with E-state index in [-0.39, 0.29) is 18.3 Å². The van der Waals surface area contributed by atoms with Gasteiger partial charge in [-0.3, -0.25) is 4.79 Å². The number of hydrogen-bond acceptors (Lipinski definition) is 4. The van der Waals surface area contributed by atoms with E-state index in [1.807, 2.05) is 0 Å². The number of alkyl halides is 3. The Hall–Kier alpha value is -3.23. The van der Waals surface area contributed by atoms with Crippen molar-refractivity contribution in [3.8, 4) is 11.4 Å². The van der Waals surface area contributed by atoms with Crippen molar-refractivity contribution < 1.29 is 26.9 Å². The van der Waals surface area contributed by atoms with Gasteiger partial charge in [-0.05, 0) is 36.4 Å². The molecule has 1 amide bonds. The lowest BCUT2D eigenvalue weighted by Gasteiger charge is -2.11. The van der Waals surface area contributed by atoms with Crippen LogP contribution in [0, 0.1) is 5.82 Å². The first-order valence-electron chi connectivity index (χ1n) is 7.37. The van der Waals surface area contributed by atoms with Crippen LogP contribution in [0.4, 0.5) is 17.6 Å². The molecule has 1 N–H and O–H groups in total. The van der Waals surface area contributed by atoms with E-state index < -0.39 is 29.0 Å². The number of carbonyl (C=O) groups excluding carboxylic acids is 1. The van der Waals surface area contributed by atoms with Gasteiger partial charge in [-0.15, -0.1) is 0 Å². The number of hydrogen-bond donors (Lipinski definition) is 1. The topological polar surface area (TPSA) is 68.0 Å². The molecule has 0 radical (unpaired) electrons. The summed E-state index contributed by atoms with van der Waals surface area (Å²) in [4.78, 5) is 16.1. The first-order chi connectivity index (χ1) is 12.3. The standard InChI is InChI=1S/C17H11F4N3O2/c18-11-7-5-10(6-8-11)15-23-14(26-24-15)9-22-16(25)12-3-1-2-4-13(12)17(19,20)21/h1-8H,9H2,(H,22,25). The molecule has 1 aromatic heterocycles. The quantitative estimate of drug-likeness (QED) is 0.714. The van der Waals surface area contributed by atoms with Crippen LogP contribution in [0.25, 0.3) is 11.4 Å². The molecule has 0 aliphatic rings. The maximum absolute atomic E-state index is 12.9. The van der Waals surface area contributed by atoms with Gasteiger partial charge < -0.3 is 9.84 Å². The van der Waals surface area contributed by atoms with Gasteiger partial charge >= 0.3 is 6.18 Å². The average Bonchev–Trinajstić information content (AvgIpc) is 3.08. The summed E-state index contributed by atoms with van der Waals surface area (Å²) < 4.78 is 56.7. The third kappa shape index (κ3) is 3.88. The smallest absolute Gasteiger partial charge is 0.343 e. The summed E-state index contributed by atoms with van der Waals surface area (Å²) >= 11 is 0. The molecule has 0 spiro atoms. The van der Waals surface area contributed by atoms with Crippen LogP contribution in [0.3, 0.4) is 0 Å². The Kier molecular flexibility index (Phi) is 4.70. The van der Waals surface area contributed by atoms with Crippen molar-refractivity contribution >= 4 is 5.91 Å². The molecule has 0 unspecified atom stereocenters. The zero-order chi connectivity index (χ0) is 18.7. The molecule has 9 heteroatoms. The molecule has 0 saturated heterocycles. The maximum Gasteiger partial charge on any atom is 0.417 e. The monoisotopic (exact) mass is 365 g/mol. The number of nitrogens with one attached hydrogen (secondary N) is 1. The van der Waals surface area contributed by atoms with Gasteiger partial charge in [0.1, 0.15) is 5.82 Å². The molecule has 0 atom stereocenters. The van der Waals surface area contributed by atoms with E-state index in [1.54, 1.807) is 0 Å². The second-order valence-electron chi connectivity index (χ2n) is 5.24. The van der Waals surface area contributed by atoms with E-state index in [2.05, 4.69) is 15.5 Å². The number of rotatable bonds is 4. The van der Waals surface area contributed by atoms with Crippen molar-refractivity contribution in [1.29, 1.82) is 0 Å². The van der Waals surface area contributed by atoms with Crippen LogP contribution < -0.4 is 5.32 Å². The highest BCUT2D eigenvalue weighted by Crippen LogP contribution is 2.31. The van der Waals surface area contributed by atoms with Crippen molar-refractivity contribution in [2.24, 2.45) is 0 Å². The largest absolute Gasteiger partial charge is 0.417 e. The molecule has 1 heterocycles. The highest BCUT2D eigenvalue weighted by atomic mass is 19.4. The normalized spacial score (nSPS) is 11.4. The molecular weight excluding hydrogens is 354 g/mol. The minimum atomic E-state index is -4.64. The maximum atomic E-state index is 12.9. The van der Waals surface area contributed by atoms with Gasteiger partial charge in [0.05, 0.1) is 17.7 Å². The second-order valence-corrected chi connectivity index (χ2v) is 5.24. The lowest BCUT2D eigenvalue weighted by Crippen LogP contribution is -2.26. The summed E-state index contributed by atoms with van der Waals surface area (Å²) in [7, 11) is 0. The Balaban J connectivity index is 1.70. The Labute approximate surface area is 144 Å². The number of benzene rings is 2. The van der Waals surface area contributed by atoms with Gasteiger partial charge in [-0.2, -0.15) is 18.2 Å². The highest BCUT2D eigenvalue weighted by molar-refractivity contribution is 5.95. The number of amides is 1. The lowest BCUT2D eigenvalue weighted by atomic mass is 10.1. The van der Waals surface area contributed by atoms with Crippen LogP contribution in [0.5, 0.6) is 0 Å². The van der Waals surface area contributed by atoms with Gasteiger partial charge in [0.2, 0.25) is 11.7 Å². The summed E-state index contributed by atoms with van der Waals surface area (Å²) in [6.07, 6.45) is -4.64. The summed E-state index contributed by atoms with van der Waals surface area (Å²) in [5, 5.41) is 5.99. The van der Waals surface area contributed by atoms with Gasteiger partial charge in [-0.1, -0.05) is 17.3 Å². The zero-order valence-electron chi connectivity index (χ0n) is 13.0. The molecule has 5 nitrogen and oxygen atoms in total. The van der Waals surface area contributed by atoms with Crippen molar-refractivity contribution in [2.75, 3.05) is 0 Å². The molecule has 0 aliphatic heterocycles. The fraction of sp³-hybridized carbons (Fsp3) is 0.118. The Morgan fingerprint density at radius 1 is 1.08 bits per heavy atom. The average molecular weight is 365 g/mol. The van der Waals surface area contributed by atoms with Crippen molar-refractivity contribution in [3.63, 3.8) is 0 Å². The zero-order valence-corrected chi connectivity index (χ0v) is 13.0. The summed E-state index contributed by atoms with van der Waals surface area (Å²) in [6.45, 7) is -0.251. The fourth-order valence-corrected chi connectivity index (χ4v) is 2.22. The van der Waals surface area contributed by atoms with Gasteiger partial charge in [0.25, 0.3) is 5.91 Å². The van der Waals surface area contributed by atoms with E-state index in [1.165, 1.54) is 36.4 Å². The lowest BCUT2D eigenvalue weighted by molar-refractivity contribution is -0.137. The van der Waals surface area contributed by atoms with Crippen molar-refractivity contribution in [3.05, 3.63) is 71.4 Å². The van der Waals surface area contributed by atoms with Gasteiger partial charge in [0.15, 0.2) is 0 Å². The van der Waals surface area contributed by atoms with E-state index in [9.17, 15) is 22.4 Å². The molecule has 3 rings (SSSR count). The highest BCUT2D eigenvalue weighted by Gasteiger charge is 2.34. The van der Waals surface area contributed by atoms with Crippen LogP contribution in [-0.2, 0) is 12.7 Å². The van der Waals surface area contributed by atoms with Crippen LogP contribution in [0.1, 0.15) is 21.8 Å². The first kappa shape index (κ1) is 17.6. The molecule has 0 saturated carbocycles. The Bertz CT molecular complexity index is 920. The predicted molar refractivity (Wildman–Crippen MR) is 82.3 cm³/mol. The third-order valence-corrected chi connectivity index (χ3v) is 3.45. The number of halogens is 4. The Morgan fingerprint density at radius 3 is 2.46 bits per heavy atom. The fourth-order valence-electron chi connectivity index (χ4n) is 2.22. The molecule has 0 bridgehead atoms. The molecule has 26 heavy (non-hydrogen) atoms. The SMILES string of the molecule is O=C(NCc1nc(-c2ccc(F)cc2)no1)c1ccccc1C(F)(F)F. The van der Waals surface area contributed by atoms with E-state index in [4.69, 9.17) is 4.52 Å². The van der Waals surface area contributed by atoms with E-state index in [0.717, 1.165) is 12.1 Å². The summed E-state index contributed by atoms with van der Waals surface area (Å²) in [5.41, 5.74) is -1.04. The molecule has 0 fully saturated rings. The van der Waals surface area contributed by atoms with Crippen LogP contribution >= 0.6 is 0 Å². The van der Waals surface area contributed by atoms with Gasteiger partial charge in [0, 0.05) is 5.56 Å². The summed E-state index contributed by atoms with van der Waals surface area (Å²) in [5.74, 6) is -1.17. The molecule has 2 aromatic carbocycles. The predicted octanol–water partition coefficient (Wildman–Crippen LogP) is 3.82. The molecule has 0 aliphatic carbocycles. The van der Waals surface area contributed by atoms with Crippen LogP contribution in [0.2, 0.25) is 0 Å². The van der Waals surface area contributed by atoms with Crippen molar-refractivity contribution in [1.82, 2.24) is 15.5 Å². The van der Waals surface area contributed by atoms with Crippen LogP contribution in [0.15, 0.2) is 53.1 Å². The number of aromatic nitrogens is 2. The second kappa shape index (κ2) is 6.95. The summed E-state index contributed by atoms with van der Waals surface area (Å²) in [6, 6.07) is 9.78. The van der Waals surface area contributed by atoms with E-state index >= 15 is 0 Å².